The lowest BCUT2D eigenvalue weighted by Gasteiger charge is -2.25. The Hall–Kier alpha value is -3.17. The zero-order valence-corrected chi connectivity index (χ0v) is 23.6. The number of carbonyl (C=O) groups excluding carboxylic acids is 1. The molecule has 0 saturated heterocycles. The molecule has 1 aliphatic rings. The van der Waals surface area contributed by atoms with Gasteiger partial charge in [0, 0.05) is 38.4 Å². The molecule has 1 atom stereocenters. The molecular weight excluding hydrogens is 540 g/mol. The van der Waals surface area contributed by atoms with Crippen LogP contribution in [0.15, 0.2) is 68.0 Å². The Morgan fingerprint density at radius 2 is 1.83 bits per heavy atom. The summed E-state index contributed by atoms with van der Waals surface area (Å²) < 4.78 is 8.47. The van der Waals surface area contributed by atoms with Crippen LogP contribution in [0.2, 0.25) is 0 Å². The third-order valence-corrected chi connectivity index (χ3v) is 7.61. The molecule has 3 aromatic rings. The molecule has 0 N–H and O–H groups in total. The maximum atomic E-state index is 13.7. The van der Waals surface area contributed by atoms with Crippen LogP contribution in [0.3, 0.4) is 0 Å². The maximum absolute atomic E-state index is 13.7. The van der Waals surface area contributed by atoms with E-state index in [0.29, 0.717) is 20.6 Å². The van der Waals surface area contributed by atoms with Crippen LogP contribution in [0.25, 0.3) is 6.08 Å². The molecule has 0 saturated carbocycles. The van der Waals surface area contributed by atoms with Crippen molar-refractivity contribution in [3.8, 4) is 0 Å². The maximum Gasteiger partial charge on any atom is 0.338 e. The number of hydrogen-bond donors (Lipinski definition) is 0. The molecule has 0 aliphatic carbocycles. The average molecular weight is 570 g/mol. The van der Waals surface area contributed by atoms with Gasteiger partial charge in [0.1, 0.15) is 0 Å². The van der Waals surface area contributed by atoms with Crippen LogP contribution in [0.4, 0.5) is 11.4 Å². The van der Waals surface area contributed by atoms with Crippen LogP contribution in [0, 0.1) is 0 Å². The first-order valence-electron chi connectivity index (χ1n) is 11.6. The SMILES string of the molecule is CCOC(=O)C1=C(C)N=c2s/c(=C\c3ccc(N(C)C)c(Br)c3)c(=O)n2[C@@H]1c1ccc(N(C)C)cc1. The number of benzene rings is 2. The van der Waals surface area contributed by atoms with Gasteiger partial charge in [-0.3, -0.25) is 9.36 Å². The van der Waals surface area contributed by atoms with E-state index in [4.69, 9.17) is 4.74 Å². The second kappa shape index (κ2) is 10.4. The first-order chi connectivity index (χ1) is 17.1. The number of nitrogens with zero attached hydrogens (tertiary/aromatic N) is 4. The van der Waals surface area contributed by atoms with Gasteiger partial charge < -0.3 is 14.5 Å². The van der Waals surface area contributed by atoms with Crippen molar-refractivity contribution in [3.63, 3.8) is 0 Å². The Labute approximate surface area is 222 Å². The van der Waals surface area contributed by atoms with Crippen LogP contribution >= 0.6 is 27.3 Å². The van der Waals surface area contributed by atoms with Crippen molar-refractivity contribution >= 4 is 50.7 Å². The number of aromatic nitrogens is 1. The van der Waals surface area contributed by atoms with Crippen molar-refractivity contribution in [2.75, 3.05) is 44.6 Å². The fourth-order valence-electron chi connectivity index (χ4n) is 4.19. The predicted molar refractivity (Wildman–Crippen MR) is 150 cm³/mol. The quantitative estimate of drug-likeness (QED) is 0.424. The van der Waals surface area contributed by atoms with E-state index in [1.165, 1.54) is 11.3 Å². The van der Waals surface area contributed by atoms with Crippen LogP contribution in [0.1, 0.15) is 31.0 Å². The number of ether oxygens (including phenoxy) is 1. The number of allylic oxidation sites excluding steroid dienone is 1. The lowest BCUT2D eigenvalue weighted by molar-refractivity contribution is -0.139. The summed E-state index contributed by atoms with van der Waals surface area (Å²) in [6.07, 6.45) is 1.86. The van der Waals surface area contributed by atoms with E-state index in [9.17, 15) is 9.59 Å². The van der Waals surface area contributed by atoms with Gasteiger partial charge in [-0.1, -0.05) is 29.5 Å². The van der Waals surface area contributed by atoms with E-state index >= 15 is 0 Å². The molecule has 0 amide bonds. The summed E-state index contributed by atoms with van der Waals surface area (Å²) in [4.78, 5) is 36.0. The lowest BCUT2D eigenvalue weighted by atomic mass is 9.95. The van der Waals surface area contributed by atoms with E-state index in [1.54, 1.807) is 18.4 Å². The van der Waals surface area contributed by atoms with Gasteiger partial charge in [0.15, 0.2) is 4.80 Å². The van der Waals surface area contributed by atoms with Crippen LogP contribution in [0.5, 0.6) is 0 Å². The minimum Gasteiger partial charge on any atom is -0.463 e. The van der Waals surface area contributed by atoms with Gasteiger partial charge in [-0.15, -0.1) is 0 Å². The highest BCUT2D eigenvalue weighted by molar-refractivity contribution is 9.10. The molecule has 0 unspecified atom stereocenters. The highest BCUT2D eigenvalue weighted by atomic mass is 79.9. The Balaban J connectivity index is 1.90. The highest BCUT2D eigenvalue weighted by Crippen LogP contribution is 2.32. The average Bonchev–Trinajstić information content (AvgIpc) is 3.12. The molecule has 0 fully saturated rings. The van der Waals surface area contributed by atoms with Crippen LogP contribution in [-0.2, 0) is 9.53 Å². The zero-order chi connectivity index (χ0) is 26.1. The molecule has 1 aliphatic heterocycles. The minimum absolute atomic E-state index is 0.192. The normalized spacial score (nSPS) is 15.4. The third-order valence-electron chi connectivity index (χ3n) is 5.99. The molecular formula is C27H29BrN4O3S. The summed E-state index contributed by atoms with van der Waals surface area (Å²) in [5.74, 6) is -0.460. The van der Waals surface area contributed by atoms with Gasteiger partial charge >= 0.3 is 5.97 Å². The first-order valence-corrected chi connectivity index (χ1v) is 13.2. The number of thiazole rings is 1. The van der Waals surface area contributed by atoms with E-state index in [-0.39, 0.29) is 12.2 Å². The summed E-state index contributed by atoms with van der Waals surface area (Å²) in [6, 6.07) is 13.2. The van der Waals surface area contributed by atoms with Gasteiger partial charge in [0.25, 0.3) is 5.56 Å². The number of halogens is 1. The van der Waals surface area contributed by atoms with E-state index < -0.39 is 12.0 Å². The number of anilines is 2. The molecule has 188 valence electrons. The molecule has 0 radical (unpaired) electrons. The van der Waals surface area contributed by atoms with Gasteiger partial charge in [-0.05, 0) is 71.2 Å². The van der Waals surface area contributed by atoms with Crippen molar-refractivity contribution in [3.05, 3.63) is 89.0 Å². The molecule has 9 heteroatoms. The van der Waals surface area contributed by atoms with Crippen molar-refractivity contribution in [1.29, 1.82) is 0 Å². The Morgan fingerprint density at radius 3 is 2.42 bits per heavy atom. The van der Waals surface area contributed by atoms with E-state index in [0.717, 1.165) is 27.0 Å². The molecule has 36 heavy (non-hydrogen) atoms. The number of esters is 1. The summed E-state index contributed by atoms with van der Waals surface area (Å²) in [5, 5.41) is 0. The predicted octanol–water partition coefficient (Wildman–Crippen LogP) is 3.69. The monoisotopic (exact) mass is 568 g/mol. The number of fused-ring (bicyclic) bond motifs is 1. The molecule has 7 nitrogen and oxygen atoms in total. The summed E-state index contributed by atoms with van der Waals surface area (Å²) in [7, 11) is 7.89. The molecule has 0 bridgehead atoms. The smallest absolute Gasteiger partial charge is 0.338 e. The third kappa shape index (κ3) is 4.90. The molecule has 4 rings (SSSR count). The van der Waals surface area contributed by atoms with Crippen LogP contribution in [-0.4, -0.2) is 45.3 Å². The Bertz CT molecular complexity index is 1520. The zero-order valence-electron chi connectivity index (χ0n) is 21.2. The first kappa shape index (κ1) is 25.9. The Morgan fingerprint density at radius 1 is 1.14 bits per heavy atom. The highest BCUT2D eigenvalue weighted by Gasteiger charge is 2.33. The second-order valence-electron chi connectivity index (χ2n) is 8.89. The number of carbonyl (C=O) groups is 1. The van der Waals surface area contributed by atoms with Crippen molar-refractivity contribution in [1.82, 2.24) is 4.57 Å². The second-order valence-corrected chi connectivity index (χ2v) is 10.8. The van der Waals surface area contributed by atoms with Gasteiger partial charge in [0.2, 0.25) is 0 Å². The molecule has 1 aromatic heterocycles. The van der Waals surface area contributed by atoms with Crippen molar-refractivity contribution in [2.24, 2.45) is 4.99 Å². The van der Waals surface area contributed by atoms with Gasteiger partial charge in [-0.25, -0.2) is 9.79 Å². The van der Waals surface area contributed by atoms with Gasteiger partial charge in [-0.2, -0.15) is 0 Å². The van der Waals surface area contributed by atoms with Crippen molar-refractivity contribution in [2.45, 2.75) is 19.9 Å². The fraction of sp³-hybridized carbons (Fsp3) is 0.296. The molecule has 2 aromatic carbocycles. The molecule has 0 spiro atoms. The summed E-state index contributed by atoms with van der Waals surface area (Å²) >= 11 is 4.94. The van der Waals surface area contributed by atoms with E-state index in [1.807, 2.05) is 86.5 Å². The number of rotatable bonds is 6. The van der Waals surface area contributed by atoms with Crippen molar-refractivity contribution < 1.29 is 9.53 Å². The largest absolute Gasteiger partial charge is 0.463 e. The summed E-state index contributed by atoms with van der Waals surface area (Å²) in [6.45, 7) is 3.80. The minimum atomic E-state index is -0.624. The summed E-state index contributed by atoms with van der Waals surface area (Å²) in [5.41, 5.74) is 4.53. The Kier molecular flexibility index (Phi) is 7.51. The number of hydrogen-bond acceptors (Lipinski definition) is 7. The topological polar surface area (TPSA) is 67.1 Å². The molecule has 2 heterocycles. The lowest BCUT2D eigenvalue weighted by Crippen LogP contribution is -2.39. The fourth-order valence-corrected chi connectivity index (χ4v) is 5.99. The van der Waals surface area contributed by atoms with Gasteiger partial charge in [0.05, 0.1) is 34.1 Å². The van der Waals surface area contributed by atoms with Crippen LogP contribution < -0.4 is 24.7 Å². The standard InChI is InChI=1S/C27H29BrN4O3S/c1-7-35-26(34)23-16(2)29-27-32(24(23)18-9-11-19(12-10-18)30(3)4)25(33)22(36-27)15-17-8-13-21(31(5)6)20(28)14-17/h8-15,24H,7H2,1-6H3/b22-15-/t24-/m1/s1. The van der Waals surface area contributed by atoms with E-state index in [2.05, 4.69) is 20.9 Å².